The minimum atomic E-state index is -0.826. The third-order valence-corrected chi connectivity index (χ3v) is 2.44. The van der Waals surface area contributed by atoms with Crippen LogP contribution in [0, 0.1) is 5.41 Å². The van der Waals surface area contributed by atoms with E-state index in [1.165, 1.54) is 6.20 Å². The van der Waals surface area contributed by atoms with Crippen molar-refractivity contribution in [2.24, 2.45) is 11.1 Å². The maximum Gasteiger partial charge on any atom is 0.316 e. The molecule has 15 heavy (non-hydrogen) atoms. The highest BCUT2D eigenvalue weighted by Crippen LogP contribution is 2.35. The molecular weight excluding hydrogens is 196 g/mol. The van der Waals surface area contributed by atoms with Crippen molar-refractivity contribution < 1.29 is 14.7 Å². The Kier molecular flexibility index (Phi) is 3.14. The lowest BCUT2D eigenvalue weighted by Crippen LogP contribution is -2.36. The molecule has 84 valence electrons. The molecule has 0 aromatic rings. The fraction of sp³-hybridized carbons (Fsp3) is 0.600. The van der Waals surface area contributed by atoms with Gasteiger partial charge in [-0.2, -0.15) is 0 Å². The van der Waals surface area contributed by atoms with E-state index in [0.717, 1.165) is 0 Å². The maximum atomic E-state index is 11.6. The zero-order valence-corrected chi connectivity index (χ0v) is 8.91. The second-order valence-electron chi connectivity index (χ2n) is 4.59. The second-order valence-corrected chi connectivity index (χ2v) is 4.59. The summed E-state index contributed by atoms with van der Waals surface area (Å²) >= 11 is 0. The minimum Gasteiger partial charge on any atom is -0.388 e. The number of aliphatic hydroxyl groups is 1. The van der Waals surface area contributed by atoms with E-state index < -0.39 is 12.1 Å². The summed E-state index contributed by atoms with van der Waals surface area (Å²) in [6.45, 7) is 3.85. The third-order valence-electron chi connectivity index (χ3n) is 2.44. The Bertz CT molecular complexity index is 321. The molecule has 1 aliphatic rings. The number of urea groups is 1. The normalized spacial score (nSPS) is 27.8. The fourth-order valence-corrected chi connectivity index (χ4v) is 1.75. The van der Waals surface area contributed by atoms with E-state index in [4.69, 9.17) is 5.73 Å². The number of ketones is 1. The molecule has 5 heteroatoms. The summed E-state index contributed by atoms with van der Waals surface area (Å²) in [6.07, 6.45) is 1.25. The molecular formula is C10H16N2O3. The Morgan fingerprint density at radius 2 is 2.27 bits per heavy atom. The van der Waals surface area contributed by atoms with E-state index in [2.05, 4.69) is 5.32 Å². The Hall–Kier alpha value is -1.36. The van der Waals surface area contributed by atoms with Gasteiger partial charge in [-0.3, -0.25) is 4.79 Å². The van der Waals surface area contributed by atoms with Gasteiger partial charge in [-0.25, -0.2) is 4.79 Å². The molecule has 0 heterocycles. The molecule has 2 amide bonds. The first-order valence-corrected chi connectivity index (χ1v) is 4.79. The van der Waals surface area contributed by atoms with Crippen molar-refractivity contribution in [1.29, 1.82) is 0 Å². The zero-order chi connectivity index (χ0) is 11.6. The average Bonchev–Trinajstić information content (AvgIpc) is 1.98. The number of nitrogens with one attached hydrogen (secondary N) is 1. The fourth-order valence-electron chi connectivity index (χ4n) is 1.75. The van der Waals surface area contributed by atoms with Gasteiger partial charge in [-0.1, -0.05) is 13.8 Å². The monoisotopic (exact) mass is 212 g/mol. The van der Waals surface area contributed by atoms with Crippen LogP contribution in [0.2, 0.25) is 0 Å². The molecule has 4 N–H and O–H groups in total. The van der Waals surface area contributed by atoms with E-state index in [9.17, 15) is 14.7 Å². The van der Waals surface area contributed by atoms with Gasteiger partial charge in [0.15, 0.2) is 5.78 Å². The van der Waals surface area contributed by atoms with Crippen LogP contribution in [0.3, 0.4) is 0 Å². The average molecular weight is 212 g/mol. The van der Waals surface area contributed by atoms with Crippen LogP contribution in [-0.2, 0) is 4.79 Å². The van der Waals surface area contributed by atoms with Crippen LogP contribution in [-0.4, -0.2) is 23.0 Å². The molecule has 1 saturated carbocycles. The quantitative estimate of drug-likeness (QED) is 0.545. The summed E-state index contributed by atoms with van der Waals surface area (Å²) in [7, 11) is 0. The van der Waals surface area contributed by atoms with Gasteiger partial charge >= 0.3 is 6.03 Å². The van der Waals surface area contributed by atoms with E-state index in [-0.39, 0.29) is 16.8 Å². The molecule has 0 bridgehead atoms. The van der Waals surface area contributed by atoms with Crippen molar-refractivity contribution in [3.05, 3.63) is 11.8 Å². The van der Waals surface area contributed by atoms with Gasteiger partial charge in [0.2, 0.25) is 0 Å². The highest BCUT2D eigenvalue weighted by Gasteiger charge is 2.35. The molecule has 0 aliphatic heterocycles. The first-order chi connectivity index (χ1) is 6.82. The summed E-state index contributed by atoms with van der Waals surface area (Å²) in [5.41, 5.74) is 4.90. The van der Waals surface area contributed by atoms with Gasteiger partial charge < -0.3 is 16.2 Å². The number of hydrogen-bond acceptors (Lipinski definition) is 3. The number of carbonyl (C=O) groups is 2. The maximum absolute atomic E-state index is 11.6. The Morgan fingerprint density at radius 3 is 2.73 bits per heavy atom. The lowest BCUT2D eigenvalue weighted by atomic mass is 9.73. The lowest BCUT2D eigenvalue weighted by molar-refractivity contribution is -0.121. The smallest absolute Gasteiger partial charge is 0.316 e. The molecule has 0 aromatic heterocycles. The standard InChI is InChI=1S/C10H16N2O3/c1-10(2)3-7(13)6(8(14)4-10)5-12-9(11)15/h5,7,13H,3-4H2,1-2H3,(H3,11,12,15)/b6-5+. The molecule has 5 nitrogen and oxygen atoms in total. The summed E-state index contributed by atoms with van der Waals surface area (Å²) in [5, 5.41) is 11.9. The number of rotatable bonds is 1. The van der Waals surface area contributed by atoms with E-state index in [1.54, 1.807) is 0 Å². The van der Waals surface area contributed by atoms with Gasteiger partial charge in [0.05, 0.1) is 6.10 Å². The first-order valence-electron chi connectivity index (χ1n) is 4.79. The van der Waals surface area contributed by atoms with Gasteiger partial charge in [-0.15, -0.1) is 0 Å². The molecule has 1 rings (SSSR count). The van der Waals surface area contributed by atoms with Crippen molar-refractivity contribution in [2.45, 2.75) is 32.8 Å². The molecule has 1 unspecified atom stereocenters. The topological polar surface area (TPSA) is 92.4 Å². The van der Waals surface area contributed by atoms with Crippen molar-refractivity contribution >= 4 is 11.8 Å². The SMILES string of the molecule is CC1(C)CC(=O)/C(=C/NC(N)=O)C(O)C1. The van der Waals surface area contributed by atoms with Crippen LogP contribution < -0.4 is 11.1 Å². The molecule has 1 aliphatic carbocycles. The summed E-state index contributed by atoms with van der Waals surface area (Å²) in [4.78, 5) is 22.1. The van der Waals surface area contributed by atoms with Gasteiger partial charge in [0.1, 0.15) is 0 Å². The van der Waals surface area contributed by atoms with Crippen molar-refractivity contribution in [2.75, 3.05) is 0 Å². The predicted molar refractivity (Wildman–Crippen MR) is 54.8 cm³/mol. The Labute approximate surface area is 88.3 Å². The first kappa shape index (κ1) is 11.7. The molecule has 0 aromatic carbocycles. The zero-order valence-electron chi connectivity index (χ0n) is 8.91. The third kappa shape index (κ3) is 3.06. The van der Waals surface area contributed by atoms with E-state index in [1.807, 2.05) is 13.8 Å². The number of amides is 2. The van der Waals surface area contributed by atoms with Crippen LogP contribution in [0.1, 0.15) is 26.7 Å². The van der Waals surface area contributed by atoms with Crippen molar-refractivity contribution in [1.82, 2.24) is 5.32 Å². The number of carbonyl (C=O) groups excluding carboxylic acids is 2. The van der Waals surface area contributed by atoms with Crippen LogP contribution in [0.4, 0.5) is 4.79 Å². The number of aliphatic hydroxyl groups excluding tert-OH is 1. The van der Waals surface area contributed by atoms with Crippen LogP contribution in [0.5, 0.6) is 0 Å². The predicted octanol–water partition coefficient (Wildman–Crippen LogP) is 0.289. The second kappa shape index (κ2) is 4.02. The van der Waals surface area contributed by atoms with Crippen LogP contribution >= 0.6 is 0 Å². The van der Waals surface area contributed by atoms with Crippen LogP contribution in [0.25, 0.3) is 0 Å². The van der Waals surface area contributed by atoms with E-state index in [0.29, 0.717) is 12.8 Å². The molecule has 0 saturated heterocycles. The van der Waals surface area contributed by atoms with Gasteiger partial charge in [0.25, 0.3) is 0 Å². The molecule has 1 atom stereocenters. The lowest BCUT2D eigenvalue weighted by Gasteiger charge is -2.33. The largest absolute Gasteiger partial charge is 0.388 e. The highest BCUT2D eigenvalue weighted by molar-refractivity contribution is 5.97. The van der Waals surface area contributed by atoms with Gasteiger partial charge in [0, 0.05) is 18.2 Å². The number of nitrogens with two attached hydrogens (primary N) is 1. The highest BCUT2D eigenvalue weighted by atomic mass is 16.3. The Balaban J connectivity index is 2.79. The van der Waals surface area contributed by atoms with Crippen molar-refractivity contribution in [3.8, 4) is 0 Å². The van der Waals surface area contributed by atoms with E-state index >= 15 is 0 Å². The van der Waals surface area contributed by atoms with Crippen LogP contribution in [0.15, 0.2) is 11.8 Å². The number of hydrogen-bond donors (Lipinski definition) is 3. The number of Topliss-reactive ketones (excluding diaryl/α,β-unsaturated/α-hetero) is 1. The number of primary amides is 1. The molecule has 0 spiro atoms. The van der Waals surface area contributed by atoms with Gasteiger partial charge in [-0.05, 0) is 11.8 Å². The molecule has 1 fully saturated rings. The molecule has 0 radical (unpaired) electrons. The summed E-state index contributed by atoms with van der Waals surface area (Å²) < 4.78 is 0. The minimum absolute atomic E-state index is 0.146. The Morgan fingerprint density at radius 1 is 1.67 bits per heavy atom. The summed E-state index contributed by atoms with van der Waals surface area (Å²) in [6, 6.07) is -0.743. The van der Waals surface area contributed by atoms with Crippen molar-refractivity contribution in [3.63, 3.8) is 0 Å². The summed E-state index contributed by atoms with van der Waals surface area (Å²) in [5.74, 6) is -0.146.